The number of piperidine rings is 1. The van der Waals surface area contributed by atoms with Crippen LogP contribution in [-0.2, 0) is 4.79 Å². The highest BCUT2D eigenvalue weighted by Crippen LogP contribution is 2.44. The standard InChI is InChI=1S/C8H10FNO4/c9-5-2-3-1-4(5)6(7(11)12)10(3)8(13)14/h3-6H,1-2H2,(H,11,12)(H,13,14)/t3-,4+,5-,6-/m0/s1. The molecule has 2 N–H and O–H groups in total. The van der Waals surface area contributed by atoms with Crippen molar-refractivity contribution < 1.29 is 24.2 Å². The molecule has 2 fully saturated rings. The number of carboxylic acids is 1. The molecular formula is C8H10FNO4. The van der Waals surface area contributed by atoms with E-state index in [0.717, 1.165) is 4.90 Å². The molecule has 5 nitrogen and oxygen atoms in total. The average molecular weight is 203 g/mol. The SMILES string of the molecule is O=C(O)[C@@H]1[C@@H]2C[C@@H](C[C@@H]2F)N1C(=O)O. The maximum Gasteiger partial charge on any atom is 0.408 e. The van der Waals surface area contributed by atoms with Crippen molar-refractivity contribution in [2.24, 2.45) is 5.92 Å². The van der Waals surface area contributed by atoms with E-state index in [1.54, 1.807) is 0 Å². The van der Waals surface area contributed by atoms with Gasteiger partial charge in [0.15, 0.2) is 0 Å². The number of rotatable bonds is 1. The predicted octanol–water partition coefficient (Wildman–Crippen LogP) is 0.550. The van der Waals surface area contributed by atoms with Crippen LogP contribution < -0.4 is 0 Å². The Hall–Kier alpha value is -1.33. The van der Waals surface area contributed by atoms with Gasteiger partial charge in [0.25, 0.3) is 0 Å². The average Bonchev–Trinajstić information content (AvgIpc) is 2.58. The van der Waals surface area contributed by atoms with E-state index < -0.39 is 36.2 Å². The summed E-state index contributed by atoms with van der Waals surface area (Å²) in [6, 6.07) is -1.64. The minimum absolute atomic E-state index is 0.140. The zero-order valence-electron chi connectivity index (χ0n) is 7.26. The molecule has 0 aromatic heterocycles. The molecule has 1 heterocycles. The van der Waals surface area contributed by atoms with Gasteiger partial charge in [-0.15, -0.1) is 0 Å². The first kappa shape index (κ1) is 9.23. The molecule has 2 aliphatic rings. The van der Waals surface area contributed by atoms with Crippen molar-refractivity contribution in [2.75, 3.05) is 0 Å². The number of likely N-dealkylation sites (tertiary alicyclic amines) is 1. The van der Waals surface area contributed by atoms with Crippen LogP contribution in [0.4, 0.5) is 9.18 Å². The molecule has 14 heavy (non-hydrogen) atoms. The van der Waals surface area contributed by atoms with E-state index in [9.17, 15) is 14.0 Å². The summed E-state index contributed by atoms with van der Waals surface area (Å²) < 4.78 is 13.2. The number of carboxylic acid groups (broad SMARTS) is 2. The summed E-state index contributed by atoms with van der Waals surface area (Å²) >= 11 is 0. The van der Waals surface area contributed by atoms with Gasteiger partial charge in [-0.25, -0.2) is 14.0 Å². The zero-order valence-corrected chi connectivity index (χ0v) is 7.26. The lowest BCUT2D eigenvalue weighted by molar-refractivity contribution is -0.145. The fourth-order valence-corrected chi connectivity index (χ4v) is 2.56. The molecule has 4 atom stereocenters. The molecule has 1 aliphatic carbocycles. The van der Waals surface area contributed by atoms with Gasteiger partial charge in [-0.3, -0.25) is 4.90 Å². The number of aliphatic carboxylic acids is 1. The minimum atomic E-state index is -1.27. The first-order chi connectivity index (χ1) is 6.52. The lowest BCUT2D eigenvalue weighted by atomic mass is 9.97. The van der Waals surface area contributed by atoms with Gasteiger partial charge in [0.2, 0.25) is 0 Å². The normalized spacial score (nSPS) is 40.2. The molecule has 0 unspecified atom stereocenters. The Morgan fingerprint density at radius 2 is 1.93 bits per heavy atom. The number of hydrogen-bond donors (Lipinski definition) is 2. The van der Waals surface area contributed by atoms with Gasteiger partial charge in [0, 0.05) is 12.0 Å². The Balaban J connectivity index is 2.27. The van der Waals surface area contributed by atoms with E-state index in [0.29, 0.717) is 6.42 Å². The highest BCUT2D eigenvalue weighted by molar-refractivity contribution is 5.81. The van der Waals surface area contributed by atoms with Gasteiger partial charge in [-0.1, -0.05) is 0 Å². The van der Waals surface area contributed by atoms with E-state index in [4.69, 9.17) is 10.2 Å². The Morgan fingerprint density at radius 1 is 1.29 bits per heavy atom. The molecule has 6 heteroatoms. The van der Waals surface area contributed by atoms with Gasteiger partial charge in [-0.2, -0.15) is 0 Å². The summed E-state index contributed by atoms with van der Waals surface area (Å²) in [7, 11) is 0. The predicted molar refractivity (Wildman–Crippen MR) is 42.7 cm³/mol. The van der Waals surface area contributed by atoms with Crippen molar-refractivity contribution in [2.45, 2.75) is 31.1 Å². The number of amides is 1. The van der Waals surface area contributed by atoms with Gasteiger partial charge >= 0.3 is 12.1 Å². The maximum absolute atomic E-state index is 13.2. The Morgan fingerprint density at radius 3 is 2.43 bits per heavy atom. The smallest absolute Gasteiger partial charge is 0.408 e. The summed E-state index contributed by atoms with van der Waals surface area (Å²) in [6.07, 6.45) is -1.96. The van der Waals surface area contributed by atoms with E-state index in [1.165, 1.54) is 0 Å². The highest BCUT2D eigenvalue weighted by Gasteiger charge is 2.56. The summed E-state index contributed by atoms with van der Waals surface area (Å²) in [5.41, 5.74) is 0. The number of hydrogen-bond acceptors (Lipinski definition) is 2. The van der Waals surface area contributed by atoms with Crippen molar-refractivity contribution in [3.8, 4) is 0 Å². The molecular weight excluding hydrogens is 193 g/mol. The van der Waals surface area contributed by atoms with E-state index in [2.05, 4.69) is 0 Å². The lowest BCUT2D eigenvalue weighted by Crippen LogP contribution is -2.51. The van der Waals surface area contributed by atoms with Crippen LogP contribution in [-0.4, -0.2) is 45.4 Å². The molecule has 0 radical (unpaired) electrons. The molecule has 1 amide bonds. The number of fused-ring (bicyclic) bond motifs is 2. The highest BCUT2D eigenvalue weighted by atomic mass is 19.1. The van der Waals surface area contributed by atoms with Gasteiger partial charge in [0.1, 0.15) is 12.2 Å². The maximum atomic E-state index is 13.2. The molecule has 1 saturated carbocycles. The van der Waals surface area contributed by atoms with E-state index in [-0.39, 0.29) is 6.42 Å². The Kier molecular flexibility index (Phi) is 1.87. The quantitative estimate of drug-likeness (QED) is 0.652. The first-order valence-electron chi connectivity index (χ1n) is 4.40. The molecule has 1 aliphatic heterocycles. The van der Waals surface area contributed by atoms with Crippen molar-refractivity contribution in [3.63, 3.8) is 0 Å². The van der Waals surface area contributed by atoms with Gasteiger partial charge in [-0.05, 0) is 12.8 Å². The van der Waals surface area contributed by atoms with Crippen molar-refractivity contribution in [1.29, 1.82) is 0 Å². The molecule has 0 spiro atoms. The topological polar surface area (TPSA) is 77.8 Å². The number of halogens is 1. The minimum Gasteiger partial charge on any atom is -0.480 e. The van der Waals surface area contributed by atoms with Crippen molar-refractivity contribution in [3.05, 3.63) is 0 Å². The second kappa shape index (κ2) is 2.83. The zero-order chi connectivity index (χ0) is 10.5. The van der Waals surface area contributed by atoms with Crippen LogP contribution >= 0.6 is 0 Å². The fraction of sp³-hybridized carbons (Fsp3) is 0.750. The number of nitrogens with zero attached hydrogens (tertiary/aromatic N) is 1. The monoisotopic (exact) mass is 203 g/mol. The largest absolute Gasteiger partial charge is 0.480 e. The molecule has 1 saturated heterocycles. The summed E-state index contributed by atoms with van der Waals surface area (Å²) in [5.74, 6) is -1.91. The van der Waals surface area contributed by atoms with Crippen LogP contribution in [0.5, 0.6) is 0 Å². The third kappa shape index (κ3) is 1.06. The van der Waals surface area contributed by atoms with Crippen LogP contribution in [0.3, 0.4) is 0 Å². The fourth-order valence-electron chi connectivity index (χ4n) is 2.56. The van der Waals surface area contributed by atoms with Crippen molar-refractivity contribution in [1.82, 2.24) is 4.90 Å². The van der Waals surface area contributed by atoms with E-state index >= 15 is 0 Å². The number of carbonyl (C=O) groups is 2. The molecule has 78 valence electrons. The summed E-state index contributed by atoms with van der Waals surface area (Å²) in [6.45, 7) is 0. The molecule has 2 rings (SSSR count). The van der Waals surface area contributed by atoms with Crippen LogP contribution in [0.25, 0.3) is 0 Å². The third-order valence-corrected chi connectivity index (χ3v) is 3.08. The summed E-state index contributed by atoms with van der Waals surface area (Å²) in [4.78, 5) is 22.4. The first-order valence-corrected chi connectivity index (χ1v) is 4.40. The van der Waals surface area contributed by atoms with Crippen LogP contribution in [0.15, 0.2) is 0 Å². The van der Waals surface area contributed by atoms with E-state index in [1.807, 2.05) is 0 Å². The van der Waals surface area contributed by atoms with Gasteiger partial charge < -0.3 is 10.2 Å². The Labute approximate surface area is 79.1 Å². The summed E-state index contributed by atoms with van der Waals surface area (Å²) in [5, 5.41) is 17.6. The second-order valence-corrected chi connectivity index (χ2v) is 3.78. The van der Waals surface area contributed by atoms with Crippen molar-refractivity contribution >= 4 is 12.1 Å². The molecule has 2 bridgehead atoms. The van der Waals surface area contributed by atoms with Crippen LogP contribution in [0.1, 0.15) is 12.8 Å². The molecule has 0 aromatic carbocycles. The lowest BCUT2D eigenvalue weighted by Gasteiger charge is -2.31. The third-order valence-electron chi connectivity index (χ3n) is 3.08. The second-order valence-electron chi connectivity index (χ2n) is 3.78. The molecule has 0 aromatic rings. The Bertz CT molecular complexity index is 295. The number of alkyl halides is 1. The van der Waals surface area contributed by atoms with Gasteiger partial charge in [0.05, 0.1) is 0 Å². The van der Waals surface area contributed by atoms with Crippen LogP contribution in [0.2, 0.25) is 0 Å². The van der Waals surface area contributed by atoms with Crippen LogP contribution in [0, 0.1) is 5.92 Å².